The summed E-state index contributed by atoms with van der Waals surface area (Å²) in [5, 5.41) is 3.65. The van der Waals surface area contributed by atoms with Crippen molar-refractivity contribution < 1.29 is 0 Å². The van der Waals surface area contributed by atoms with E-state index in [9.17, 15) is 0 Å². The molecule has 0 fully saturated rings. The van der Waals surface area contributed by atoms with E-state index in [1.807, 2.05) is 0 Å². The van der Waals surface area contributed by atoms with Crippen LogP contribution in [0.4, 0.5) is 0 Å². The zero-order valence-corrected chi connectivity index (χ0v) is 12.0. The Morgan fingerprint density at radius 2 is 1.65 bits per heavy atom. The molecule has 0 amide bonds. The molecular formula is C16H27N. The molecule has 96 valence electrons. The largest absolute Gasteiger partial charge is 0.313 e. The van der Waals surface area contributed by atoms with Crippen molar-refractivity contribution in [3.8, 4) is 0 Å². The van der Waals surface area contributed by atoms with Crippen LogP contribution in [-0.4, -0.2) is 12.6 Å². The van der Waals surface area contributed by atoms with Crippen molar-refractivity contribution in [3.05, 3.63) is 35.4 Å². The fourth-order valence-electron chi connectivity index (χ4n) is 2.59. The van der Waals surface area contributed by atoms with Crippen molar-refractivity contribution in [3.63, 3.8) is 0 Å². The molecule has 1 heteroatoms. The zero-order chi connectivity index (χ0) is 12.8. The molecule has 0 saturated carbocycles. The lowest BCUT2D eigenvalue weighted by atomic mass is 9.83. The van der Waals surface area contributed by atoms with Gasteiger partial charge < -0.3 is 5.32 Å². The molecular weight excluding hydrogens is 206 g/mol. The second-order valence-electron chi connectivity index (χ2n) is 5.25. The number of nitrogens with one attached hydrogen (secondary N) is 1. The Morgan fingerprint density at radius 3 is 2.06 bits per heavy atom. The Bertz CT molecular complexity index is 313. The Kier molecular flexibility index (Phi) is 5.70. The third-order valence-corrected chi connectivity index (χ3v) is 3.54. The highest BCUT2D eigenvalue weighted by molar-refractivity contribution is 5.25. The quantitative estimate of drug-likeness (QED) is 0.779. The van der Waals surface area contributed by atoms with Crippen molar-refractivity contribution >= 4 is 0 Å². The van der Waals surface area contributed by atoms with E-state index >= 15 is 0 Å². The van der Waals surface area contributed by atoms with Gasteiger partial charge in [0.15, 0.2) is 0 Å². The van der Waals surface area contributed by atoms with Crippen LogP contribution in [-0.2, 0) is 0 Å². The van der Waals surface area contributed by atoms with Gasteiger partial charge in [0, 0.05) is 6.04 Å². The standard InChI is InChI=1S/C16H27N/c1-6-15(16(12(3)4)17-7-2)14-10-8-13(5)9-11-14/h8-12,15-17H,6-7H2,1-5H3. The Labute approximate surface area is 107 Å². The normalized spacial score (nSPS) is 14.9. The number of hydrogen-bond donors (Lipinski definition) is 1. The molecule has 0 bridgehead atoms. The zero-order valence-electron chi connectivity index (χ0n) is 12.0. The number of rotatable bonds is 6. The minimum absolute atomic E-state index is 0.577. The van der Waals surface area contributed by atoms with E-state index in [2.05, 4.69) is 64.2 Å². The van der Waals surface area contributed by atoms with Crippen LogP contribution in [0.5, 0.6) is 0 Å². The van der Waals surface area contributed by atoms with E-state index in [0.29, 0.717) is 17.9 Å². The first-order valence-electron chi connectivity index (χ1n) is 6.90. The lowest BCUT2D eigenvalue weighted by Crippen LogP contribution is -2.39. The second kappa shape index (κ2) is 6.80. The van der Waals surface area contributed by atoms with E-state index in [1.165, 1.54) is 17.5 Å². The highest BCUT2D eigenvalue weighted by Crippen LogP contribution is 2.27. The van der Waals surface area contributed by atoms with Crippen LogP contribution in [0.3, 0.4) is 0 Å². The SMILES string of the molecule is CCNC(C(C)C)C(CC)c1ccc(C)cc1. The van der Waals surface area contributed by atoms with Crippen molar-refractivity contribution in [2.75, 3.05) is 6.54 Å². The first kappa shape index (κ1) is 14.2. The van der Waals surface area contributed by atoms with Crippen LogP contribution < -0.4 is 5.32 Å². The lowest BCUT2D eigenvalue weighted by molar-refractivity contribution is 0.340. The fraction of sp³-hybridized carbons (Fsp3) is 0.625. The van der Waals surface area contributed by atoms with E-state index in [1.54, 1.807) is 0 Å². The molecule has 0 radical (unpaired) electrons. The first-order chi connectivity index (χ1) is 8.10. The summed E-state index contributed by atoms with van der Waals surface area (Å²) in [5.41, 5.74) is 2.81. The fourth-order valence-corrected chi connectivity index (χ4v) is 2.59. The highest BCUT2D eigenvalue weighted by atomic mass is 14.9. The topological polar surface area (TPSA) is 12.0 Å². The summed E-state index contributed by atoms with van der Waals surface area (Å²) in [4.78, 5) is 0. The van der Waals surface area contributed by atoms with Crippen molar-refractivity contribution in [1.82, 2.24) is 5.32 Å². The van der Waals surface area contributed by atoms with Gasteiger partial charge in [-0.25, -0.2) is 0 Å². The van der Waals surface area contributed by atoms with Gasteiger partial charge in [-0.15, -0.1) is 0 Å². The molecule has 0 aromatic heterocycles. The maximum Gasteiger partial charge on any atom is 0.0158 e. The van der Waals surface area contributed by atoms with Gasteiger partial charge in [-0.1, -0.05) is 57.5 Å². The van der Waals surface area contributed by atoms with Gasteiger partial charge in [-0.05, 0) is 37.3 Å². The van der Waals surface area contributed by atoms with Crippen LogP contribution in [0.25, 0.3) is 0 Å². The molecule has 0 saturated heterocycles. The lowest BCUT2D eigenvalue weighted by Gasteiger charge is -2.30. The van der Waals surface area contributed by atoms with E-state index in [4.69, 9.17) is 0 Å². The van der Waals surface area contributed by atoms with Gasteiger partial charge in [0.2, 0.25) is 0 Å². The molecule has 17 heavy (non-hydrogen) atoms. The summed E-state index contributed by atoms with van der Waals surface area (Å²) in [7, 11) is 0. The van der Waals surface area contributed by atoms with Crippen LogP contribution in [0.2, 0.25) is 0 Å². The molecule has 2 atom stereocenters. The first-order valence-corrected chi connectivity index (χ1v) is 6.90. The average Bonchev–Trinajstić information content (AvgIpc) is 2.31. The summed E-state index contributed by atoms with van der Waals surface area (Å²) in [5.74, 6) is 1.29. The van der Waals surface area contributed by atoms with Gasteiger partial charge >= 0.3 is 0 Å². The van der Waals surface area contributed by atoms with E-state index < -0.39 is 0 Å². The predicted molar refractivity (Wildman–Crippen MR) is 76.5 cm³/mol. The van der Waals surface area contributed by atoms with E-state index in [0.717, 1.165) is 6.54 Å². The molecule has 0 heterocycles. The van der Waals surface area contributed by atoms with Gasteiger partial charge in [-0.2, -0.15) is 0 Å². The maximum atomic E-state index is 3.65. The summed E-state index contributed by atoms with van der Waals surface area (Å²) in [6.07, 6.45) is 1.19. The molecule has 0 aliphatic rings. The molecule has 1 aromatic carbocycles. The van der Waals surface area contributed by atoms with Gasteiger partial charge in [0.1, 0.15) is 0 Å². The van der Waals surface area contributed by atoms with Crippen molar-refractivity contribution in [2.24, 2.45) is 5.92 Å². The Balaban J connectivity index is 2.91. The molecule has 0 aliphatic heterocycles. The van der Waals surface area contributed by atoms with Crippen LogP contribution in [0.1, 0.15) is 51.2 Å². The molecule has 1 rings (SSSR count). The van der Waals surface area contributed by atoms with Gasteiger partial charge in [-0.3, -0.25) is 0 Å². The van der Waals surface area contributed by atoms with Gasteiger partial charge in [0.25, 0.3) is 0 Å². The Hall–Kier alpha value is -0.820. The molecule has 1 aromatic rings. The number of likely N-dealkylation sites (N-methyl/N-ethyl adjacent to an activating group) is 1. The van der Waals surface area contributed by atoms with Crippen molar-refractivity contribution in [2.45, 2.75) is 53.0 Å². The van der Waals surface area contributed by atoms with Crippen molar-refractivity contribution in [1.29, 1.82) is 0 Å². The van der Waals surface area contributed by atoms with E-state index in [-0.39, 0.29) is 0 Å². The molecule has 0 spiro atoms. The minimum atomic E-state index is 0.577. The number of hydrogen-bond acceptors (Lipinski definition) is 1. The monoisotopic (exact) mass is 233 g/mol. The summed E-state index contributed by atoms with van der Waals surface area (Å²) >= 11 is 0. The Morgan fingerprint density at radius 1 is 1.06 bits per heavy atom. The number of benzene rings is 1. The van der Waals surface area contributed by atoms with Crippen LogP contribution in [0.15, 0.2) is 24.3 Å². The third kappa shape index (κ3) is 3.85. The number of aryl methyl sites for hydroxylation is 1. The minimum Gasteiger partial charge on any atom is -0.313 e. The summed E-state index contributed by atoms with van der Waals surface area (Å²) < 4.78 is 0. The molecule has 2 unspecified atom stereocenters. The predicted octanol–water partition coefficient (Wildman–Crippen LogP) is 4.12. The molecule has 0 aliphatic carbocycles. The molecule has 1 nitrogen and oxygen atoms in total. The van der Waals surface area contributed by atoms with Crippen LogP contribution in [0, 0.1) is 12.8 Å². The summed E-state index contributed by atoms with van der Waals surface area (Å²) in [6.45, 7) is 12.3. The smallest absolute Gasteiger partial charge is 0.0158 e. The highest BCUT2D eigenvalue weighted by Gasteiger charge is 2.23. The maximum absolute atomic E-state index is 3.65. The molecule has 1 N–H and O–H groups in total. The van der Waals surface area contributed by atoms with Gasteiger partial charge in [0.05, 0.1) is 0 Å². The third-order valence-electron chi connectivity index (χ3n) is 3.54. The second-order valence-corrected chi connectivity index (χ2v) is 5.25. The van der Waals surface area contributed by atoms with Crippen LogP contribution >= 0.6 is 0 Å². The average molecular weight is 233 g/mol. The summed E-state index contributed by atoms with van der Waals surface area (Å²) in [6, 6.07) is 9.60.